The van der Waals surface area contributed by atoms with Gasteiger partial charge in [-0.3, -0.25) is 4.79 Å². The van der Waals surface area contributed by atoms with E-state index in [0.29, 0.717) is 6.20 Å². The zero-order valence-corrected chi connectivity index (χ0v) is 9.70. The van der Waals surface area contributed by atoms with E-state index >= 15 is 0 Å². The van der Waals surface area contributed by atoms with Gasteiger partial charge in [0, 0.05) is 9.77 Å². The van der Waals surface area contributed by atoms with Gasteiger partial charge in [0.05, 0.1) is 0 Å². The number of hydrogen-bond donors (Lipinski definition) is 1. The highest BCUT2D eigenvalue weighted by molar-refractivity contribution is 14.1. The van der Waals surface area contributed by atoms with Gasteiger partial charge in [0.15, 0.2) is 0 Å². The Morgan fingerprint density at radius 1 is 1.18 bits per heavy atom. The Morgan fingerprint density at radius 2 is 1.71 bits per heavy atom. The summed E-state index contributed by atoms with van der Waals surface area (Å²) in [5.74, 6) is -1.81. The third kappa shape index (κ3) is 3.51. The van der Waals surface area contributed by atoms with Gasteiger partial charge in [0.2, 0.25) is 5.75 Å². The molecule has 0 atom stereocenters. The first-order valence-electron chi connectivity index (χ1n) is 3.76. The molecule has 0 saturated carbocycles. The zero-order valence-electron chi connectivity index (χ0n) is 7.54. The highest BCUT2D eigenvalue weighted by Crippen LogP contribution is 2.38. The molecule has 96 valence electrons. The smallest absolute Gasteiger partial charge is 0.399 e. The highest BCUT2D eigenvalue weighted by atomic mass is 127. The Morgan fingerprint density at radius 3 is 2.12 bits per heavy atom. The summed E-state index contributed by atoms with van der Waals surface area (Å²) in [6.45, 7) is 0. The number of alkyl halides is 6. The summed E-state index contributed by atoms with van der Waals surface area (Å²) in [4.78, 5) is 12.6. The van der Waals surface area contributed by atoms with Gasteiger partial charge in [-0.25, -0.2) is 0 Å². The molecule has 0 unspecified atom stereocenters. The van der Waals surface area contributed by atoms with Crippen molar-refractivity contribution in [3.8, 4) is 5.75 Å². The van der Waals surface area contributed by atoms with Crippen molar-refractivity contribution in [2.24, 2.45) is 0 Å². The van der Waals surface area contributed by atoms with Crippen LogP contribution in [0.5, 0.6) is 5.75 Å². The van der Waals surface area contributed by atoms with E-state index in [0.717, 1.165) is 22.6 Å². The fourth-order valence-electron chi connectivity index (χ4n) is 0.966. The molecule has 0 spiro atoms. The molecule has 0 bridgehead atoms. The molecule has 0 amide bonds. The molecule has 1 aromatic rings. The zero-order chi connectivity index (χ0) is 13.4. The minimum Gasteiger partial charge on any atom is -0.399 e. The molecule has 0 aromatic carbocycles. The van der Waals surface area contributed by atoms with Gasteiger partial charge >= 0.3 is 12.5 Å². The number of aromatic nitrogens is 1. The van der Waals surface area contributed by atoms with Crippen LogP contribution in [0.3, 0.4) is 0 Å². The molecule has 0 radical (unpaired) electrons. The molecule has 1 N–H and O–H groups in total. The lowest BCUT2D eigenvalue weighted by Crippen LogP contribution is -2.27. The number of pyridine rings is 1. The average molecular weight is 373 g/mol. The number of nitrogens with one attached hydrogen (secondary N) is 1. The van der Waals surface area contributed by atoms with Crippen LogP contribution in [-0.2, 0) is 6.18 Å². The monoisotopic (exact) mass is 373 g/mol. The van der Waals surface area contributed by atoms with Gasteiger partial charge in [-0.2, -0.15) is 13.2 Å². The number of aromatic amines is 1. The van der Waals surface area contributed by atoms with E-state index in [9.17, 15) is 31.1 Å². The second-order valence-corrected chi connectivity index (χ2v) is 3.88. The maximum absolute atomic E-state index is 12.5. The first-order valence-corrected chi connectivity index (χ1v) is 4.84. The van der Waals surface area contributed by atoms with Crippen LogP contribution in [-0.4, -0.2) is 11.3 Å². The Hall–Kier alpha value is -0.940. The topological polar surface area (TPSA) is 42.1 Å². The SMILES string of the molecule is O=c1[nH]cc(I)c(C(F)(F)F)c1OC(F)(F)F. The first-order chi connectivity index (χ1) is 7.52. The molecule has 3 nitrogen and oxygen atoms in total. The number of ether oxygens (including phenoxy) is 1. The van der Waals surface area contributed by atoms with Crippen molar-refractivity contribution in [2.45, 2.75) is 12.5 Å². The molecule has 0 saturated heterocycles. The normalized spacial score (nSPS) is 12.6. The minimum atomic E-state index is -5.38. The van der Waals surface area contributed by atoms with E-state index in [4.69, 9.17) is 0 Å². The minimum absolute atomic E-state index is 0.603. The average Bonchev–Trinajstić information content (AvgIpc) is 2.06. The maximum Gasteiger partial charge on any atom is 0.573 e. The molecule has 0 aliphatic heterocycles. The summed E-state index contributed by atoms with van der Waals surface area (Å²) < 4.78 is 75.5. The maximum atomic E-state index is 12.5. The fourth-order valence-corrected chi connectivity index (χ4v) is 1.67. The predicted octanol–water partition coefficient (Wildman–Crippen LogP) is 2.90. The van der Waals surface area contributed by atoms with Crippen LogP contribution in [0.2, 0.25) is 0 Å². The summed E-state index contributed by atoms with van der Waals surface area (Å²) in [6, 6.07) is 0. The summed E-state index contributed by atoms with van der Waals surface area (Å²) >= 11 is 1.14. The van der Waals surface area contributed by atoms with E-state index in [-0.39, 0.29) is 0 Å². The Labute approximate surface area is 103 Å². The van der Waals surface area contributed by atoms with Crippen LogP contribution in [0, 0.1) is 3.57 Å². The quantitative estimate of drug-likeness (QED) is 0.608. The second-order valence-electron chi connectivity index (χ2n) is 2.72. The van der Waals surface area contributed by atoms with Gasteiger partial charge in [0.25, 0.3) is 5.56 Å². The molecule has 10 heteroatoms. The molecule has 0 aliphatic carbocycles. The van der Waals surface area contributed by atoms with Crippen molar-refractivity contribution < 1.29 is 31.1 Å². The van der Waals surface area contributed by atoms with Crippen LogP contribution < -0.4 is 10.3 Å². The lowest BCUT2D eigenvalue weighted by Gasteiger charge is -2.15. The van der Waals surface area contributed by atoms with Gasteiger partial charge in [-0.15, -0.1) is 13.2 Å². The summed E-state index contributed by atoms with van der Waals surface area (Å²) in [5.41, 5.74) is -3.35. The van der Waals surface area contributed by atoms with Crippen molar-refractivity contribution in [1.82, 2.24) is 4.98 Å². The first kappa shape index (κ1) is 14.1. The lowest BCUT2D eigenvalue weighted by atomic mass is 10.2. The number of H-pyrrole nitrogens is 1. The molecule has 1 rings (SSSR count). The molecule has 0 aliphatic rings. The van der Waals surface area contributed by atoms with Crippen LogP contribution in [0.4, 0.5) is 26.3 Å². The molecular formula is C7H2F6INO2. The van der Waals surface area contributed by atoms with Gasteiger partial charge in [-0.05, 0) is 22.6 Å². The summed E-state index contributed by atoms with van der Waals surface area (Å²) in [5, 5.41) is 0. The van der Waals surface area contributed by atoms with Gasteiger partial charge < -0.3 is 9.72 Å². The van der Waals surface area contributed by atoms with E-state index in [1.165, 1.54) is 0 Å². The van der Waals surface area contributed by atoms with Crippen LogP contribution >= 0.6 is 22.6 Å². The van der Waals surface area contributed by atoms with Gasteiger partial charge in [0.1, 0.15) is 5.56 Å². The third-order valence-corrected chi connectivity index (χ3v) is 2.35. The number of rotatable bonds is 1. The molecular weight excluding hydrogens is 371 g/mol. The standard InChI is InChI=1S/C7H2F6INO2/c8-6(9,10)3-2(14)1-15-5(16)4(3)17-7(11,12)13/h1H,(H,15,16). The highest BCUT2D eigenvalue weighted by Gasteiger charge is 2.42. The van der Waals surface area contributed by atoms with Crippen molar-refractivity contribution in [3.05, 3.63) is 25.7 Å². The van der Waals surface area contributed by atoms with Crippen LogP contribution in [0.1, 0.15) is 5.56 Å². The largest absolute Gasteiger partial charge is 0.573 e. The van der Waals surface area contributed by atoms with E-state index in [2.05, 4.69) is 4.74 Å². The molecule has 1 aromatic heterocycles. The number of hydrogen-bond acceptors (Lipinski definition) is 2. The Kier molecular flexibility index (Phi) is 3.64. The van der Waals surface area contributed by atoms with Crippen LogP contribution in [0.25, 0.3) is 0 Å². The third-order valence-electron chi connectivity index (χ3n) is 1.50. The van der Waals surface area contributed by atoms with E-state index in [1.807, 2.05) is 0 Å². The van der Waals surface area contributed by atoms with Gasteiger partial charge in [-0.1, -0.05) is 0 Å². The van der Waals surface area contributed by atoms with Crippen molar-refractivity contribution >= 4 is 22.6 Å². The summed E-state index contributed by atoms with van der Waals surface area (Å²) in [6.07, 6.45) is -9.85. The van der Waals surface area contributed by atoms with E-state index < -0.39 is 33.0 Å². The molecule has 1 heterocycles. The Bertz CT molecular complexity index is 477. The van der Waals surface area contributed by atoms with Crippen molar-refractivity contribution in [2.75, 3.05) is 0 Å². The fraction of sp³-hybridized carbons (Fsp3) is 0.286. The number of halogens is 7. The van der Waals surface area contributed by atoms with Crippen molar-refractivity contribution in [1.29, 1.82) is 0 Å². The lowest BCUT2D eigenvalue weighted by molar-refractivity contribution is -0.276. The summed E-state index contributed by atoms with van der Waals surface area (Å²) in [7, 11) is 0. The molecule has 17 heavy (non-hydrogen) atoms. The Balaban J connectivity index is 3.47. The van der Waals surface area contributed by atoms with Crippen LogP contribution in [0.15, 0.2) is 11.0 Å². The second kappa shape index (κ2) is 4.38. The molecule has 0 fully saturated rings. The predicted molar refractivity (Wildman–Crippen MR) is 51.5 cm³/mol. The van der Waals surface area contributed by atoms with E-state index in [1.54, 1.807) is 4.98 Å². The van der Waals surface area contributed by atoms with Crippen molar-refractivity contribution in [3.63, 3.8) is 0 Å².